The molecule has 0 rings (SSSR count). The van der Waals surface area contributed by atoms with Crippen molar-refractivity contribution in [3.8, 4) is 0 Å². The first-order valence-corrected chi connectivity index (χ1v) is 3.19. The van der Waals surface area contributed by atoms with Gasteiger partial charge >= 0.3 is 5.97 Å². The van der Waals surface area contributed by atoms with Crippen molar-refractivity contribution in [2.75, 3.05) is 6.61 Å². The molecule has 0 saturated heterocycles. The molecule has 0 heterocycles. The van der Waals surface area contributed by atoms with Crippen molar-refractivity contribution < 1.29 is 14.6 Å². The van der Waals surface area contributed by atoms with E-state index in [9.17, 15) is 4.79 Å². The fourth-order valence-corrected chi connectivity index (χ4v) is 0.435. The van der Waals surface area contributed by atoms with E-state index in [-0.39, 0.29) is 0 Å². The maximum Gasteiger partial charge on any atom is 0.325 e. The Morgan fingerprint density at radius 2 is 2.30 bits per heavy atom. The lowest BCUT2D eigenvalue weighted by molar-refractivity contribution is -0.147. The van der Waals surface area contributed by atoms with Crippen molar-refractivity contribution in [3.63, 3.8) is 0 Å². The molecule has 0 spiro atoms. The van der Waals surface area contributed by atoms with Gasteiger partial charge in [-0.1, -0.05) is 0 Å². The van der Waals surface area contributed by atoms with Gasteiger partial charge in [-0.25, -0.2) is 0 Å². The Bertz CT molecular complexity index is 114. The van der Waals surface area contributed by atoms with E-state index < -0.39 is 18.1 Å². The predicted octanol–water partition coefficient (Wildman–Crippen LogP) is -0.742. The minimum atomic E-state index is -0.917. The van der Waals surface area contributed by atoms with Crippen LogP contribution >= 0.6 is 0 Å². The van der Waals surface area contributed by atoms with Gasteiger partial charge in [0.2, 0.25) is 0 Å². The first-order chi connectivity index (χ1) is 4.59. The molecule has 0 radical (unpaired) electrons. The van der Waals surface area contributed by atoms with Crippen LogP contribution in [0.5, 0.6) is 0 Å². The van der Waals surface area contributed by atoms with Gasteiger partial charge in [-0.05, 0) is 13.8 Å². The summed E-state index contributed by atoms with van der Waals surface area (Å²) in [5, 5.41) is 8.79. The molecular formula is C6H13NO3. The molecule has 60 valence electrons. The summed E-state index contributed by atoms with van der Waals surface area (Å²) in [5.74, 6) is -0.558. The molecule has 0 bridgehead atoms. The van der Waals surface area contributed by atoms with Crippen LogP contribution in [-0.2, 0) is 9.53 Å². The lowest BCUT2D eigenvalue weighted by Gasteiger charge is -2.11. The average Bonchev–Trinajstić information content (AvgIpc) is 1.87. The van der Waals surface area contributed by atoms with Crippen LogP contribution in [0.2, 0.25) is 0 Å². The summed E-state index contributed by atoms with van der Waals surface area (Å²) in [6.45, 7) is 3.42. The SMILES string of the molecule is CCOC(=O)[C@@H](N)[C@@H](C)O. The minimum Gasteiger partial charge on any atom is -0.465 e. The van der Waals surface area contributed by atoms with E-state index in [1.54, 1.807) is 6.92 Å². The van der Waals surface area contributed by atoms with Crippen molar-refractivity contribution >= 4 is 5.97 Å². The second-order valence-corrected chi connectivity index (χ2v) is 2.02. The number of carbonyl (C=O) groups excluding carboxylic acids is 1. The number of esters is 1. The summed E-state index contributed by atoms with van der Waals surface area (Å²) in [6, 6.07) is -0.917. The monoisotopic (exact) mass is 147 g/mol. The number of nitrogens with two attached hydrogens (primary N) is 1. The average molecular weight is 147 g/mol. The third kappa shape index (κ3) is 2.80. The lowest BCUT2D eigenvalue weighted by atomic mass is 10.2. The highest BCUT2D eigenvalue weighted by Gasteiger charge is 2.19. The van der Waals surface area contributed by atoms with E-state index in [4.69, 9.17) is 10.8 Å². The van der Waals surface area contributed by atoms with Gasteiger partial charge in [0.25, 0.3) is 0 Å². The predicted molar refractivity (Wildman–Crippen MR) is 36.3 cm³/mol. The Morgan fingerprint density at radius 3 is 2.60 bits per heavy atom. The number of hydrogen-bond donors (Lipinski definition) is 2. The van der Waals surface area contributed by atoms with Gasteiger partial charge < -0.3 is 15.6 Å². The fourth-order valence-electron chi connectivity index (χ4n) is 0.435. The third-order valence-electron chi connectivity index (χ3n) is 1.08. The zero-order valence-electron chi connectivity index (χ0n) is 6.20. The van der Waals surface area contributed by atoms with Crippen LogP contribution in [0.3, 0.4) is 0 Å². The number of rotatable bonds is 3. The van der Waals surface area contributed by atoms with Gasteiger partial charge in [0, 0.05) is 0 Å². The standard InChI is InChI=1S/C6H13NO3/c1-3-10-6(9)5(7)4(2)8/h4-5,8H,3,7H2,1-2H3/t4-,5+/m1/s1. The molecule has 4 heteroatoms. The molecule has 0 aliphatic rings. The first kappa shape index (κ1) is 9.39. The van der Waals surface area contributed by atoms with Crippen molar-refractivity contribution in [2.45, 2.75) is 26.0 Å². The zero-order chi connectivity index (χ0) is 8.15. The maximum atomic E-state index is 10.7. The Balaban J connectivity index is 3.71. The van der Waals surface area contributed by atoms with E-state index >= 15 is 0 Å². The highest BCUT2D eigenvalue weighted by atomic mass is 16.5. The second kappa shape index (κ2) is 4.24. The number of aliphatic hydroxyl groups excluding tert-OH is 1. The topological polar surface area (TPSA) is 72.5 Å². The summed E-state index contributed by atoms with van der Waals surface area (Å²) in [4.78, 5) is 10.7. The molecule has 3 N–H and O–H groups in total. The number of ether oxygens (including phenoxy) is 1. The van der Waals surface area contributed by atoms with Crippen molar-refractivity contribution in [2.24, 2.45) is 5.73 Å². The quantitative estimate of drug-likeness (QED) is 0.515. The van der Waals surface area contributed by atoms with Crippen LogP contribution in [0.25, 0.3) is 0 Å². The highest BCUT2D eigenvalue weighted by Crippen LogP contribution is 1.91. The van der Waals surface area contributed by atoms with Crippen LogP contribution in [0, 0.1) is 0 Å². The van der Waals surface area contributed by atoms with Gasteiger partial charge in [-0.15, -0.1) is 0 Å². The minimum absolute atomic E-state index is 0.291. The molecule has 0 saturated carbocycles. The Hall–Kier alpha value is -0.610. The summed E-state index contributed by atoms with van der Waals surface area (Å²) < 4.78 is 4.54. The molecule has 0 aliphatic heterocycles. The van der Waals surface area contributed by atoms with E-state index in [1.165, 1.54) is 6.92 Å². The molecule has 0 amide bonds. The number of carbonyl (C=O) groups is 1. The van der Waals surface area contributed by atoms with Gasteiger partial charge in [0.1, 0.15) is 6.04 Å². The van der Waals surface area contributed by atoms with Gasteiger partial charge in [-0.2, -0.15) is 0 Å². The summed E-state index contributed by atoms with van der Waals surface area (Å²) in [7, 11) is 0. The summed E-state index contributed by atoms with van der Waals surface area (Å²) >= 11 is 0. The zero-order valence-corrected chi connectivity index (χ0v) is 6.20. The molecule has 4 nitrogen and oxygen atoms in total. The fraction of sp³-hybridized carbons (Fsp3) is 0.833. The molecule has 0 fully saturated rings. The second-order valence-electron chi connectivity index (χ2n) is 2.02. The van der Waals surface area contributed by atoms with Crippen LogP contribution in [0.1, 0.15) is 13.8 Å². The molecule has 0 unspecified atom stereocenters. The maximum absolute atomic E-state index is 10.7. The summed E-state index contributed by atoms with van der Waals surface area (Å²) in [5.41, 5.74) is 5.22. The van der Waals surface area contributed by atoms with Crippen molar-refractivity contribution in [3.05, 3.63) is 0 Å². The van der Waals surface area contributed by atoms with Crippen molar-refractivity contribution in [1.82, 2.24) is 0 Å². The molecule has 10 heavy (non-hydrogen) atoms. The lowest BCUT2D eigenvalue weighted by Crippen LogP contribution is -2.41. The van der Waals surface area contributed by atoms with Gasteiger partial charge in [0.15, 0.2) is 0 Å². The van der Waals surface area contributed by atoms with E-state index in [1.807, 2.05) is 0 Å². The van der Waals surface area contributed by atoms with Crippen LogP contribution in [-0.4, -0.2) is 29.8 Å². The number of hydrogen-bond acceptors (Lipinski definition) is 4. The first-order valence-electron chi connectivity index (χ1n) is 3.19. The largest absolute Gasteiger partial charge is 0.465 e. The van der Waals surface area contributed by atoms with Gasteiger partial charge in [-0.3, -0.25) is 4.79 Å². The van der Waals surface area contributed by atoms with Crippen LogP contribution in [0.4, 0.5) is 0 Å². The van der Waals surface area contributed by atoms with E-state index in [0.717, 1.165) is 0 Å². The molecular weight excluding hydrogens is 134 g/mol. The smallest absolute Gasteiger partial charge is 0.325 e. The van der Waals surface area contributed by atoms with E-state index in [2.05, 4.69) is 4.74 Å². The van der Waals surface area contributed by atoms with Crippen LogP contribution in [0.15, 0.2) is 0 Å². The Kier molecular flexibility index (Phi) is 3.99. The summed E-state index contributed by atoms with van der Waals surface area (Å²) in [6.07, 6.45) is -0.848. The van der Waals surface area contributed by atoms with Gasteiger partial charge in [0.05, 0.1) is 12.7 Å². The van der Waals surface area contributed by atoms with E-state index in [0.29, 0.717) is 6.61 Å². The third-order valence-corrected chi connectivity index (χ3v) is 1.08. The molecule has 0 aromatic rings. The highest BCUT2D eigenvalue weighted by molar-refractivity contribution is 5.76. The number of aliphatic hydroxyl groups is 1. The Labute approximate surface area is 60.0 Å². The Morgan fingerprint density at radius 1 is 1.80 bits per heavy atom. The molecule has 0 aromatic carbocycles. The molecule has 0 aromatic heterocycles. The van der Waals surface area contributed by atoms with Crippen LogP contribution < -0.4 is 5.73 Å². The van der Waals surface area contributed by atoms with Crippen molar-refractivity contribution in [1.29, 1.82) is 0 Å². The normalized spacial score (nSPS) is 16.0. The molecule has 0 aliphatic carbocycles. The molecule has 2 atom stereocenters.